The Bertz CT molecular complexity index is 383. The zero-order chi connectivity index (χ0) is 13.5. The third-order valence-electron chi connectivity index (χ3n) is 2.72. The molecule has 4 nitrogen and oxygen atoms in total. The smallest absolute Gasteiger partial charge is 0.322 e. The molecule has 1 atom stereocenters. The molecule has 0 heterocycles. The van der Waals surface area contributed by atoms with Crippen LogP contribution in [-0.4, -0.2) is 23.2 Å². The van der Waals surface area contributed by atoms with E-state index in [1.165, 1.54) is 5.56 Å². The summed E-state index contributed by atoms with van der Waals surface area (Å²) in [5.74, 6) is -0.845. The lowest BCUT2D eigenvalue weighted by Crippen LogP contribution is -2.49. The topological polar surface area (TPSA) is 61.4 Å². The highest BCUT2D eigenvalue weighted by atomic mass is 35.5. The molecule has 1 aromatic rings. The van der Waals surface area contributed by atoms with E-state index < -0.39 is 12.0 Å². The quantitative estimate of drug-likeness (QED) is 0.675. The number of carboxylic acid groups (broad SMARTS) is 1. The van der Waals surface area contributed by atoms with Crippen LogP contribution in [-0.2, 0) is 17.6 Å². The van der Waals surface area contributed by atoms with Gasteiger partial charge in [-0.2, -0.15) is 0 Å². The molecule has 0 aromatic heterocycles. The van der Waals surface area contributed by atoms with E-state index in [2.05, 4.69) is 17.8 Å². The van der Waals surface area contributed by atoms with E-state index in [1.807, 2.05) is 38.1 Å². The molecule has 0 bridgehead atoms. The van der Waals surface area contributed by atoms with E-state index in [4.69, 9.17) is 5.11 Å². The first kappa shape index (κ1) is 21.5. The molecule has 0 aliphatic carbocycles. The maximum absolute atomic E-state index is 11.1. The third-order valence-corrected chi connectivity index (χ3v) is 2.72. The highest BCUT2D eigenvalue weighted by Gasteiger charge is 2.17. The second-order valence-electron chi connectivity index (χ2n) is 4.71. The fourth-order valence-corrected chi connectivity index (χ4v) is 1.61. The van der Waals surface area contributed by atoms with Crippen molar-refractivity contribution < 1.29 is 9.90 Å². The predicted octanol–water partition coefficient (Wildman–Crippen LogP) is 2.59. The maximum Gasteiger partial charge on any atom is 0.322 e. The van der Waals surface area contributed by atoms with Crippen LogP contribution < -0.4 is 10.9 Å². The molecule has 3 N–H and O–H groups in total. The van der Waals surface area contributed by atoms with E-state index in [0.717, 1.165) is 12.0 Å². The van der Waals surface area contributed by atoms with Crippen molar-refractivity contribution >= 4 is 30.8 Å². The lowest BCUT2D eigenvalue weighted by Gasteiger charge is -2.17. The summed E-state index contributed by atoms with van der Waals surface area (Å²) in [6.07, 6.45) is 1.47. The number of hydrogen-bond acceptors (Lipinski definition) is 3. The molecular formula is C14H24Cl2N2O2. The van der Waals surface area contributed by atoms with Gasteiger partial charge in [-0.3, -0.25) is 10.2 Å². The fraction of sp³-hybridized carbons (Fsp3) is 0.500. The van der Waals surface area contributed by atoms with Crippen molar-refractivity contribution in [1.29, 1.82) is 0 Å². The van der Waals surface area contributed by atoms with Gasteiger partial charge in [0.15, 0.2) is 0 Å². The first-order valence-electron chi connectivity index (χ1n) is 6.34. The van der Waals surface area contributed by atoms with Crippen molar-refractivity contribution in [2.75, 3.05) is 0 Å². The Labute approximate surface area is 133 Å². The summed E-state index contributed by atoms with van der Waals surface area (Å²) >= 11 is 0. The first-order chi connectivity index (χ1) is 8.52. The summed E-state index contributed by atoms with van der Waals surface area (Å²) < 4.78 is 0. The number of rotatable bonds is 7. The molecule has 0 aliphatic heterocycles. The van der Waals surface area contributed by atoms with Crippen molar-refractivity contribution in [3.8, 4) is 0 Å². The zero-order valence-electron chi connectivity index (χ0n) is 12.1. The number of nitrogens with one attached hydrogen (secondary N) is 2. The van der Waals surface area contributed by atoms with Crippen molar-refractivity contribution in [3.63, 3.8) is 0 Å². The largest absolute Gasteiger partial charge is 0.480 e. The van der Waals surface area contributed by atoms with Crippen molar-refractivity contribution in [2.45, 2.75) is 45.7 Å². The molecule has 6 heteroatoms. The van der Waals surface area contributed by atoms with Gasteiger partial charge in [0.25, 0.3) is 0 Å². The summed E-state index contributed by atoms with van der Waals surface area (Å²) in [6.45, 7) is 6.02. The van der Waals surface area contributed by atoms with Gasteiger partial charge in [0.1, 0.15) is 6.04 Å². The summed E-state index contributed by atoms with van der Waals surface area (Å²) in [7, 11) is 0. The van der Waals surface area contributed by atoms with Gasteiger partial charge in [0, 0.05) is 6.04 Å². The number of aryl methyl sites for hydroxylation is 1. The summed E-state index contributed by atoms with van der Waals surface area (Å²) in [6, 6.07) is 7.67. The van der Waals surface area contributed by atoms with Gasteiger partial charge in [-0.1, -0.05) is 31.2 Å². The minimum atomic E-state index is -0.845. The molecule has 0 radical (unpaired) electrons. The minimum absolute atomic E-state index is 0. The molecule has 1 aromatic carbocycles. The fourth-order valence-electron chi connectivity index (χ4n) is 1.61. The maximum atomic E-state index is 11.1. The number of carbonyl (C=O) groups is 1. The molecule has 0 saturated carbocycles. The second kappa shape index (κ2) is 10.9. The lowest BCUT2D eigenvalue weighted by atomic mass is 10.0. The lowest BCUT2D eigenvalue weighted by molar-refractivity contribution is -0.139. The highest BCUT2D eigenvalue weighted by molar-refractivity contribution is 5.85. The van der Waals surface area contributed by atoms with E-state index in [1.54, 1.807) is 0 Å². The molecule has 20 heavy (non-hydrogen) atoms. The van der Waals surface area contributed by atoms with Gasteiger partial charge in [-0.25, -0.2) is 5.43 Å². The Morgan fingerprint density at radius 2 is 1.60 bits per heavy atom. The van der Waals surface area contributed by atoms with Crippen LogP contribution in [0.1, 0.15) is 31.9 Å². The molecular weight excluding hydrogens is 299 g/mol. The first-order valence-corrected chi connectivity index (χ1v) is 6.34. The molecule has 0 fully saturated rings. The molecule has 116 valence electrons. The monoisotopic (exact) mass is 322 g/mol. The average Bonchev–Trinajstić information content (AvgIpc) is 2.34. The van der Waals surface area contributed by atoms with Crippen LogP contribution in [0.4, 0.5) is 0 Å². The minimum Gasteiger partial charge on any atom is -0.480 e. The summed E-state index contributed by atoms with van der Waals surface area (Å²) in [5, 5.41) is 9.15. The Balaban J connectivity index is 0. The van der Waals surface area contributed by atoms with Crippen LogP contribution >= 0.6 is 24.8 Å². The molecule has 0 aliphatic rings. The molecule has 1 rings (SSSR count). The number of carboxylic acids is 1. The van der Waals surface area contributed by atoms with Crippen LogP contribution in [0, 0.1) is 0 Å². The molecule has 0 saturated heterocycles. The Kier molecular flexibility index (Phi) is 11.7. The van der Waals surface area contributed by atoms with Crippen molar-refractivity contribution in [3.05, 3.63) is 35.4 Å². The van der Waals surface area contributed by atoms with Gasteiger partial charge in [0.2, 0.25) is 0 Å². The number of aliphatic carboxylic acids is 1. The van der Waals surface area contributed by atoms with Crippen molar-refractivity contribution in [2.24, 2.45) is 0 Å². The average molecular weight is 323 g/mol. The Hall–Kier alpha value is -0.810. The number of benzene rings is 1. The number of halogens is 2. The van der Waals surface area contributed by atoms with E-state index in [0.29, 0.717) is 6.42 Å². The van der Waals surface area contributed by atoms with Gasteiger partial charge in [-0.05, 0) is 37.8 Å². The predicted molar refractivity (Wildman–Crippen MR) is 86.9 cm³/mol. The summed E-state index contributed by atoms with van der Waals surface area (Å²) in [4.78, 5) is 11.1. The van der Waals surface area contributed by atoms with Crippen LogP contribution in [0.5, 0.6) is 0 Å². The molecule has 0 amide bonds. The molecule has 0 spiro atoms. The zero-order valence-corrected chi connectivity index (χ0v) is 13.7. The van der Waals surface area contributed by atoms with E-state index >= 15 is 0 Å². The van der Waals surface area contributed by atoms with Gasteiger partial charge in [0.05, 0.1) is 0 Å². The van der Waals surface area contributed by atoms with Crippen LogP contribution in [0.25, 0.3) is 0 Å². The molecule has 0 unspecified atom stereocenters. The Morgan fingerprint density at radius 1 is 1.10 bits per heavy atom. The third kappa shape index (κ3) is 7.70. The van der Waals surface area contributed by atoms with Crippen LogP contribution in [0.2, 0.25) is 0 Å². The van der Waals surface area contributed by atoms with Crippen LogP contribution in [0.3, 0.4) is 0 Å². The highest BCUT2D eigenvalue weighted by Crippen LogP contribution is 2.07. The van der Waals surface area contributed by atoms with Gasteiger partial charge in [-0.15, -0.1) is 24.8 Å². The van der Waals surface area contributed by atoms with Crippen molar-refractivity contribution in [1.82, 2.24) is 10.9 Å². The van der Waals surface area contributed by atoms with Gasteiger partial charge >= 0.3 is 5.97 Å². The number of hydrazine groups is 1. The van der Waals surface area contributed by atoms with Gasteiger partial charge < -0.3 is 5.11 Å². The normalized spacial score (nSPS) is 11.4. The Morgan fingerprint density at radius 3 is 2.00 bits per heavy atom. The van der Waals surface area contributed by atoms with E-state index in [9.17, 15) is 4.79 Å². The van der Waals surface area contributed by atoms with Crippen LogP contribution in [0.15, 0.2) is 24.3 Å². The standard InChI is InChI=1S/C14H22N2O2.2ClH/c1-4-11-5-7-12(8-6-11)9-13(14(17)18)16-15-10(2)3;;/h5-8,10,13,15-16H,4,9H2,1-3H3,(H,17,18);2*1H/t13-;;/m0../s1. The SMILES string of the molecule is CCc1ccc(C[C@H](NNC(C)C)C(=O)O)cc1.Cl.Cl. The summed E-state index contributed by atoms with van der Waals surface area (Å²) in [5.41, 5.74) is 8.07. The number of hydrogen-bond donors (Lipinski definition) is 3. The second-order valence-corrected chi connectivity index (χ2v) is 4.71. The van der Waals surface area contributed by atoms with E-state index in [-0.39, 0.29) is 30.9 Å².